The van der Waals surface area contributed by atoms with Crippen molar-refractivity contribution >= 4 is 0 Å². The van der Waals surface area contributed by atoms with Crippen molar-refractivity contribution in [2.45, 2.75) is 0 Å². The normalized spacial score (nSPS) is 10.1. The van der Waals surface area contributed by atoms with Gasteiger partial charge in [0.2, 0.25) is 0 Å². The van der Waals surface area contributed by atoms with Crippen LogP contribution in [0.1, 0.15) is 0 Å². The fourth-order valence-electron chi connectivity index (χ4n) is 1.18. The minimum absolute atomic E-state index is 0.448. The molecule has 0 atom stereocenters. The molecule has 0 bridgehead atoms. The van der Waals surface area contributed by atoms with Gasteiger partial charge < -0.3 is 9.15 Å². The Morgan fingerprint density at radius 3 is 2.50 bits per heavy atom. The highest BCUT2D eigenvalue weighted by atomic mass is 16.5. The van der Waals surface area contributed by atoms with E-state index in [1.54, 1.807) is 7.11 Å². The van der Waals surface area contributed by atoms with Crippen molar-refractivity contribution in [2.24, 2.45) is 0 Å². The molecule has 0 saturated carbocycles. The molecule has 0 unspecified atom stereocenters. The molecule has 14 heavy (non-hydrogen) atoms. The van der Waals surface area contributed by atoms with Crippen LogP contribution in [0.3, 0.4) is 0 Å². The molecule has 2 aromatic rings. The summed E-state index contributed by atoms with van der Waals surface area (Å²) in [4.78, 5) is 13.2. The van der Waals surface area contributed by atoms with Crippen LogP contribution in [-0.2, 0) is 0 Å². The van der Waals surface area contributed by atoms with Crippen molar-refractivity contribution in [3.05, 3.63) is 41.0 Å². The number of hydrogen-bond acceptors (Lipinski definition) is 3. The van der Waals surface area contributed by atoms with Gasteiger partial charge in [-0.1, -0.05) is 0 Å². The van der Waals surface area contributed by atoms with E-state index in [0.29, 0.717) is 5.76 Å². The van der Waals surface area contributed by atoms with Crippen molar-refractivity contribution in [3.63, 3.8) is 0 Å². The third-order valence-corrected chi connectivity index (χ3v) is 1.90. The van der Waals surface area contributed by atoms with Crippen LogP contribution < -0.4 is 10.5 Å². The maximum absolute atomic E-state index is 10.7. The van der Waals surface area contributed by atoms with E-state index in [0.717, 1.165) is 11.3 Å². The van der Waals surface area contributed by atoms with Gasteiger partial charge in [-0.3, -0.25) is 4.98 Å². The number of aromatic nitrogens is 1. The minimum atomic E-state index is -0.448. The first kappa shape index (κ1) is 8.62. The lowest BCUT2D eigenvalue weighted by atomic mass is 10.2. The Morgan fingerprint density at radius 1 is 1.29 bits per heavy atom. The Balaban J connectivity index is 2.38. The fourth-order valence-corrected chi connectivity index (χ4v) is 1.18. The summed E-state index contributed by atoms with van der Waals surface area (Å²) in [5.74, 6) is 0.847. The Bertz CT molecular complexity index is 467. The molecule has 0 saturated heterocycles. The van der Waals surface area contributed by atoms with Crippen molar-refractivity contribution in [1.82, 2.24) is 4.98 Å². The lowest BCUT2D eigenvalue weighted by Gasteiger charge is -1.99. The quantitative estimate of drug-likeness (QED) is 0.785. The predicted octanol–water partition coefficient (Wildman–Crippen LogP) is 1.64. The second-order valence-corrected chi connectivity index (χ2v) is 2.77. The van der Waals surface area contributed by atoms with Crippen LogP contribution in [0.2, 0.25) is 0 Å². The number of aromatic amines is 1. The molecule has 0 aliphatic heterocycles. The number of hydrogen-bond donors (Lipinski definition) is 1. The smallest absolute Gasteiger partial charge is 0.416 e. The zero-order chi connectivity index (χ0) is 9.97. The Kier molecular flexibility index (Phi) is 2.10. The van der Waals surface area contributed by atoms with E-state index in [4.69, 9.17) is 9.15 Å². The molecular formula is C10H9NO3. The molecule has 0 spiro atoms. The molecule has 2 rings (SSSR count). The number of benzene rings is 1. The summed E-state index contributed by atoms with van der Waals surface area (Å²) < 4.78 is 9.90. The molecule has 0 radical (unpaired) electrons. The number of rotatable bonds is 2. The highest BCUT2D eigenvalue weighted by Gasteiger charge is 2.02. The van der Waals surface area contributed by atoms with Crippen LogP contribution >= 0.6 is 0 Å². The largest absolute Gasteiger partial charge is 0.497 e. The van der Waals surface area contributed by atoms with Crippen LogP contribution in [-0.4, -0.2) is 12.1 Å². The van der Waals surface area contributed by atoms with Gasteiger partial charge in [0, 0.05) is 5.56 Å². The van der Waals surface area contributed by atoms with Gasteiger partial charge in [0.1, 0.15) is 5.75 Å². The molecule has 1 N–H and O–H groups in total. The SMILES string of the molecule is COc1ccc(-c2c[nH]c(=O)o2)cc1. The molecule has 1 aromatic heterocycles. The molecule has 72 valence electrons. The monoisotopic (exact) mass is 191 g/mol. The number of nitrogens with one attached hydrogen (secondary N) is 1. The molecule has 0 aliphatic carbocycles. The van der Waals surface area contributed by atoms with Crippen molar-refractivity contribution in [2.75, 3.05) is 7.11 Å². The van der Waals surface area contributed by atoms with E-state index < -0.39 is 5.76 Å². The van der Waals surface area contributed by atoms with Gasteiger partial charge in [-0.15, -0.1) is 0 Å². The van der Waals surface area contributed by atoms with Crippen molar-refractivity contribution in [1.29, 1.82) is 0 Å². The summed E-state index contributed by atoms with van der Waals surface area (Å²) in [7, 11) is 1.60. The zero-order valence-corrected chi connectivity index (χ0v) is 7.61. The Morgan fingerprint density at radius 2 is 2.00 bits per heavy atom. The predicted molar refractivity (Wildman–Crippen MR) is 51.3 cm³/mol. The number of H-pyrrole nitrogens is 1. The van der Waals surface area contributed by atoms with E-state index in [9.17, 15) is 4.79 Å². The van der Waals surface area contributed by atoms with Crippen LogP contribution in [0.25, 0.3) is 11.3 Å². The van der Waals surface area contributed by atoms with E-state index >= 15 is 0 Å². The van der Waals surface area contributed by atoms with Crippen molar-refractivity contribution < 1.29 is 9.15 Å². The van der Waals surface area contributed by atoms with Gasteiger partial charge in [-0.05, 0) is 24.3 Å². The standard InChI is InChI=1S/C10H9NO3/c1-13-8-4-2-7(3-5-8)9-6-11-10(12)14-9/h2-6H,1H3,(H,11,12). The second kappa shape index (κ2) is 3.41. The first-order valence-corrected chi connectivity index (χ1v) is 4.12. The number of ether oxygens (including phenoxy) is 1. The molecule has 0 aliphatic rings. The van der Waals surface area contributed by atoms with Crippen LogP contribution in [0, 0.1) is 0 Å². The maximum Gasteiger partial charge on any atom is 0.416 e. The first-order chi connectivity index (χ1) is 6.79. The lowest BCUT2D eigenvalue weighted by Crippen LogP contribution is -1.92. The van der Waals surface area contributed by atoms with Crippen LogP contribution in [0.15, 0.2) is 39.7 Å². The summed E-state index contributed by atoms with van der Waals surface area (Å²) in [6.45, 7) is 0. The topological polar surface area (TPSA) is 55.2 Å². The number of oxazole rings is 1. The summed E-state index contributed by atoms with van der Waals surface area (Å²) >= 11 is 0. The van der Waals surface area contributed by atoms with Gasteiger partial charge >= 0.3 is 5.76 Å². The van der Waals surface area contributed by atoms with Gasteiger partial charge in [0.05, 0.1) is 13.3 Å². The summed E-state index contributed by atoms with van der Waals surface area (Å²) in [6.07, 6.45) is 1.53. The van der Waals surface area contributed by atoms with Gasteiger partial charge in [0.15, 0.2) is 5.76 Å². The number of methoxy groups -OCH3 is 1. The summed E-state index contributed by atoms with van der Waals surface area (Å²) in [6, 6.07) is 7.26. The molecule has 1 aromatic carbocycles. The van der Waals surface area contributed by atoms with Crippen LogP contribution in [0.4, 0.5) is 0 Å². The highest BCUT2D eigenvalue weighted by molar-refractivity contribution is 5.57. The van der Waals surface area contributed by atoms with Gasteiger partial charge in [0.25, 0.3) is 0 Å². The fraction of sp³-hybridized carbons (Fsp3) is 0.100. The minimum Gasteiger partial charge on any atom is -0.497 e. The van der Waals surface area contributed by atoms with Crippen LogP contribution in [0.5, 0.6) is 5.75 Å². The van der Waals surface area contributed by atoms with E-state index in [1.165, 1.54) is 6.20 Å². The molecule has 4 heteroatoms. The molecule has 1 heterocycles. The zero-order valence-electron chi connectivity index (χ0n) is 7.61. The van der Waals surface area contributed by atoms with Gasteiger partial charge in [-0.2, -0.15) is 0 Å². The molecule has 0 fully saturated rings. The second-order valence-electron chi connectivity index (χ2n) is 2.77. The average Bonchev–Trinajstić information content (AvgIpc) is 2.65. The third-order valence-electron chi connectivity index (χ3n) is 1.90. The summed E-state index contributed by atoms with van der Waals surface area (Å²) in [5, 5.41) is 0. The van der Waals surface area contributed by atoms with E-state index in [1.807, 2.05) is 24.3 Å². The van der Waals surface area contributed by atoms with E-state index in [-0.39, 0.29) is 0 Å². The summed E-state index contributed by atoms with van der Waals surface area (Å²) in [5.41, 5.74) is 0.837. The Hall–Kier alpha value is -1.97. The lowest BCUT2D eigenvalue weighted by molar-refractivity contribution is 0.415. The third kappa shape index (κ3) is 1.54. The maximum atomic E-state index is 10.7. The Labute approximate surface area is 80.1 Å². The molecule has 4 nitrogen and oxygen atoms in total. The van der Waals surface area contributed by atoms with E-state index in [2.05, 4.69) is 4.98 Å². The average molecular weight is 191 g/mol. The van der Waals surface area contributed by atoms with Gasteiger partial charge in [-0.25, -0.2) is 4.79 Å². The highest BCUT2D eigenvalue weighted by Crippen LogP contribution is 2.20. The van der Waals surface area contributed by atoms with Crippen molar-refractivity contribution in [3.8, 4) is 17.1 Å². The molecular weight excluding hydrogens is 182 g/mol. The molecule has 0 amide bonds. The first-order valence-electron chi connectivity index (χ1n) is 4.12.